The number of rotatable bonds is 5. The molecule has 6 nitrogen and oxygen atoms in total. The van der Waals surface area contributed by atoms with E-state index in [2.05, 4.69) is 63.9 Å². The van der Waals surface area contributed by atoms with Crippen molar-refractivity contribution in [2.24, 2.45) is 0 Å². The number of hydrogen-bond donors (Lipinski definition) is 1. The third-order valence-electron chi connectivity index (χ3n) is 5.64. The van der Waals surface area contributed by atoms with Gasteiger partial charge in [0.15, 0.2) is 10.8 Å². The lowest BCUT2D eigenvalue weighted by Crippen LogP contribution is -2.46. The maximum Gasteiger partial charge on any atom is 0.184 e. The van der Waals surface area contributed by atoms with Gasteiger partial charge in [-0.2, -0.15) is 4.52 Å². The molecule has 0 spiro atoms. The van der Waals surface area contributed by atoms with E-state index in [-0.39, 0.29) is 0 Å². The fraction of sp³-hybridized carbons (Fsp3) is 0.524. The summed E-state index contributed by atoms with van der Waals surface area (Å²) in [6.45, 7) is 5.91. The van der Waals surface area contributed by atoms with Gasteiger partial charge in [-0.25, -0.2) is 0 Å². The first-order valence-corrected chi connectivity index (χ1v) is 10.7. The van der Waals surface area contributed by atoms with Crippen LogP contribution in [0.3, 0.4) is 0 Å². The van der Waals surface area contributed by atoms with Crippen molar-refractivity contribution in [3.63, 3.8) is 0 Å². The van der Waals surface area contributed by atoms with Crippen LogP contribution >= 0.6 is 12.2 Å². The van der Waals surface area contributed by atoms with Gasteiger partial charge in [0.2, 0.25) is 0 Å². The van der Waals surface area contributed by atoms with Gasteiger partial charge in [-0.15, -0.1) is 5.10 Å². The zero-order valence-corrected chi connectivity index (χ0v) is 17.5. The molecule has 1 fully saturated rings. The average Bonchev–Trinajstić information content (AvgIpc) is 3.20. The molecule has 2 aromatic heterocycles. The second kappa shape index (κ2) is 8.39. The summed E-state index contributed by atoms with van der Waals surface area (Å²) in [5.41, 5.74) is 4.20. The molecule has 4 rings (SSSR count). The summed E-state index contributed by atoms with van der Waals surface area (Å²) < 4.78 is 1.85. The van der Waals surface area contributed by atoms with Crippen LogP contribution in [-0.2, 0) is 6.54 Å². The summed E-state index contributed by atoms with van der Waals surface area (Å²) in [6, 6.07) is 9.09. The number of tetrazole rings is 1. The van der Waals surface area contributed by atoms with Crippen molar-refractivity contribution in [2.45, 2.75) is 65.0 Å². The molecule has 148 valence electrons. The monoisotopic (exact) mass is 396 g/mol. The Labute approximate surface area is 171 Å². The molecule has 1 aromatic carbocycles. The van der Waals surface area contributed by atoms with Crippen LogP contribution in [0.4, 0.5) is 0 Å². The molecule has 2 heterocycles. The topological polar surface area (TPSA) is 58.4 Å². The van der Waals surface area contributed by atoms with E-state index >= 15 is 0 Å². The molecule has 1 aliphatic rings. The highest BCUT2D eigenvalue weighted by Gasteiger charge is 2.25. The number of nitrogens with zero attached hydrogens (tertiary/aromatic N) is 5. The number of pyridine rings is 1. The molecule has 0 bridgehead atoms. The molecule has 1 saturated carbocycles. The first kappa shape index (κ1) is 19.1. The van der Waals surface area contributed by atoms with Gasteiger partial charge >= 0.3 is 0 Å². The Morgan fingerprint density at radius 3 is 2.86 bits per heavy atom. The maximum absolute atomic E-state index is 5.80. The van der Waals surface area contributed by atoms with Gasteiger partial charge in [0, 0.05) is 30.1 Å². The standard InChI is InChI=1S/C21H28N6S/c1-3-11-22-21(28)26(18-7-5-4-6-8-18)14-17-13-16-12-15(2)9-10-19(16)27-20(17)23-24-25-27/h9-10,12-13,18H,3-8,11,14H2,1-2H3,(H,22,28). The van der Waals surface area contributed by atoms with Crippen molar-refractivity contribution in [1.29, 1.82) is 0 Å². The van der Waals surface area contributed by atoms with Crippen LogP contribution in [0.5, 0.6) is 0 Å². The van der Waals surface area contributed by atoms with E-state index in [4.69, 9.17) is 12.2 Å². The van der Waals surface area contributed by atoms with E-state index in [1.165, 1.54) is 37.7 Å². The van der Waals surface area contributed by atoms with Gasteiger partial charge in [-0.3, -0.25) is 0 Å². The summed E-state index contributed by atoms with van der Waals surface area (Å²) in [4.78, 5) is 2.37. The van der Waals surface area contributed by atoms with E-state index < -0.39 is 0 Å². The van der Waals surface area contributed by atoms with E-state index in [0.29, 0.717) is 6.04 Å². The second-order valence-corrected chi connectivity index (χ2v) is 8.18. The Morgan fingerprint density at radius 1 is 1.25 bits per heavy atom. The van der Waals surface area contributed by atoms with E-state index in [0.717, 1.165) is 46.7 Å². The summed E-state index contributed by atoms with van der Waals surface area (Å²) in [5.74, 6) is 0. The minimum Gasteiger partial charge on any atom is -0.363 e. The molecule has 1 aliphatic carbocycles. The molecular weight excluding hydrogens is 368 g/mol. The zero-order valence-electron chi connectivity index (χ0n) is 16.7. The number of benzene rings is 1. The molecule has 7 heteroatoms. The van der Waals surface area contributed by atoms with Crippen LogP contribution in [0, 0.1) is 6.92 Å². The Kier molecular flexibility index (Phi) is 5.71. The normalized spacial score (nSPS) is 15.2. The molecule has 0 amide bonds. The molecule has 3 aromatic rings. The summed E-state index contributed by atoms with van der Waals surface area (Å²) in [6.07, 6.45) is 7.33. The predicted molar refractivity (Wildman–Crippen MR) is 116 cm³/mol. The molecule has 0 unspecified atom stereocenters. The summed E-state index contributed by atoms with van der Waals surface area (Å²) in [7, 11) is 0. The Balaban J connectivity index is 1.72. The van der Waals surface area contributed by atoms with Gasteiger partial charge in [-0.1, -0.05) is 37.8 Å². The number of fused-ring (bicyclic) bond motifs is 3. The summed E-state index contributed by atoms with van der Waals surface area (Å²) in [5, 5.41) is 18.0. The quantitative estimate of drug-likeness (QED) is 0.658. The fourth-order valence-corrected chi connectivity index (χ4v) is 4.49. The van der Waals surface area contributed by atoms with E-state index in [9.17, 15) is 0 Å². The number of aromatic nitrogens is 4. The largest absolute Gasteiger partial charge is 0.363 e. The lowest BCUT2D eigenvalue weighted by Gasteiger charge is -2.36. The Morgan fingerprint density at radius 2 is 2.07 bits per heavy atom. The third kappa shape index (κ3) is 3.81. The van der Waals surface area contributed by atoms with Crippen molar-refractivity contribution in [3.8, 4) is 0 Å². The number of aryl methyl sites for hydroxylation is 1. The minimum absolute atomic E-state index is 0.481. The van der Waals surface area contributed by atoms with Crippen molar-refractivity contribution in [1.82, 2.24) is 30.3 Å². The number of nitrogens with one attached hydrogen (secondary N) is 1. The number of thiocarbonyl (C=S) groups is 1. The first-order valence-electron chi connectivity index (χ1n) is 10.3. The van der Waals surface area contributed by atoms with E-state index in [1.807, 2.05) is 4.52 Å². The van der Waals surface area contributed by atoms with Crippen LogP contribution in [-0.4, -0.2) is 42.6 Å². The highest BCUT2D eigenvalue weighted by molar-refractivity contribution is 7.80. The molecule has 0 atom stereocenters. The molecule has 0 radical (unpaired) electrons. The molecule has 0 aliphatic heterocycles. The second-order valence-electron chi connectivity index (χ2n) is 7.80. The van der Waals surface area contributed by atoms with Gasteiger partial charge in [0.05, 0.1) is 5.52 Å². The highest BCUT2D eigenvalue weighted by atomic mass is 32.1. The SMILES string of the molecule is CCCNC(=S)N(Cc1cc2cc(C)ccc2n2nnnc12)C1CCCCC1. The van der Waals surface area contributed by atoms with Gasteiger partial charge < -0.3 is 10.2 Å². The highest BCUT2D eigenvalue weighted by Crippen LogP contribution is 2.27. The van der Waals surface area contributed by atoms with Crippen molar-refractivity contribution < 1.29 is 0 Å². The Bertz CT molecular complexity index is 976. The zero-order chi connectivity index (χ0) is 19.5. The predicted octanol–water partition coefficient (Wildman–Crippen LogP) is 4.01. The van der Waals surface area contributed by atoms with Crippen LogP contribution in [0.2, 0.25) is 0 Å². The lowest BCUT2D eigenvalue weighted by molar-refractivity contribution is 0.235. The third-order valence-corrected chi connectivity index (χ3v) is 6.02. The lowest BCUT2D eigenvalue weighted by atomic mass is 9.94. The van der Waals surface area contributed by atoms with Crippen molar-refractivity contribution >= 4 is 33.9 Å². The molecular formula is C21H28N6S. The van der Waals surface area contributed by atoms with Crippen LogP contribution in [0.25, 0.3) is 16.6 Å². The summed E-state index contributed by atoms with van der Waals surface area (Å²) >= 11 is 5.80. The maximum atomic E-state index is 5.80. The van der Waals surface area contributed by atoms with E-state index in [1.54, 1.807) is 0 Å². The van der Waals surface area contributed by atoms with Crippen LogP contribution in [0.15, 0.2) is 24.3 Å². The smallest absolute Gasteiger partial charge is 0.184 e. The fourth-order valence-electron chi connectivity index (χ4n) is 4.18. The van der Waals surface area contributed by atoms with Gasteiger partial charge in [0.25, 0.3) is 0 Å². The first-order chi connectivity index (χ1) is 13.7. The molecule has 0 saturated heterocycles. The van der Waals surface area contributed by atoms with Crippen LogP contribution in [0.1, 0.15) is 56.6 Å². The molecule has 1 N–H and O–H groups in total. The number of hydrogen-bond acceptors (Lipinski definition) is 4. The Hall–Kier alpha value is -2.28. The average molecular weight is 397 g/mol. The van der Waals surface area contributed by atoms with Crippen molar-refractivity contribution in [2.75, 3.05) is 6.54 Å². The van der Waals surface area contributed by atoms with Crippen LogP contribution < -0.4 is 5.32 Å². The van der Waals surface area contributed by atoms with Crippen molar-refractivity contribution in [3.05, 3.63) is 35.4 Å². The molecule has 28 heavy (non-hydrogen) atoms. The van der Waals surface area contributed by atoms with Gasteiger partial charge in [0.1, 0.15) is 0 Å². The minimum atomic E-state index is 0.481. The van der Waals surface area contributed by atoms with Gasteiger partial charge in [-0.05, 0) is 67.0 Å².